The van der Waals surface area contributed by atoms with Crippen molar-refractivity contribution in [2.75, 3.05) is 21.2 Å². The normalized spacial score (nSPS) is 8.71. The Labute approximate surface area is 104 Å². The molecule has 1 rings (SSSR count). The van der Waals surface area contributed by atoms with Gasteiger partial charge in [0.25, 0.3) is 0 Å². The van der Waals surface area contributed by atoms with Crippen LogP contribution in [0.25, 0.3) is 0 Å². The molecule has 17 heavy (non-hydrogen) atoms. The number of carbonyl (C=O) groups excluding carboxylic acids is 1. The lowest BCUT2D eigenvalue weighted by Gasteiger charge is -2.06. The molecule has 1 amide bonds. The maximum atomic E-state index is 9.43. The number of nitrogens with zero attached hydrogens (tertiary/aromatic N) is 1. The first-order valence-corrected chi connectivity index (χ1v) is 5.41. The van der Waals surface area contributed by atoms with Crippen LogP contribution in [0, 0.1) is 6.92 Å². The van der Waals surface area contributed by atoms with E-state index in [9.17, 15) is 4.79 Å². The first-order chi connectivity index (χ1) is 8.04. The van der Waals surface area contributed by atoms with Crippen molar-refractivity contribution in [1.82, 2.24) is 4.90 Å². The highest BCUT2D eigenvalue weighted by Crippen LogP contribution is 2.19. The molecule has 1 aromatic rings. The Morgan fingerprint density at radius 3 is 2.41 bits per heavy atom. The molecule has 1 aromatic carbocycles. The van der Waals surface area contributed by atoms with Crippen LogP contribution in [0.1, 0.15) is 11.1 Å². The quantitative estimate of drug-likeness (QED) is 0.592. The van der Waals surface area contributed by atoms with Gasteiger partial charge in [0.15, 0.2) is 0 Å². The van der Waals surface area contributed by atoms with E-state index in [0.717, 1.165) is 18.6 Å². The molecular formula is C14H21NO2. The number of allylic oxidation sites excluding steroid dienone is 1. The predicted molar refractivity (Wildman–Crippen MR) is 71.4 cm³/mol. The molecule has 0 aliphatic rings. The number of ether oxygens (including phenoxy) is 1. The van der Waals surface area contributed by atoms with E-state index < -0.39 is 0 Å². The Morgan fingerprint density at radius 2 is 2.00 bits per heavy atom. The van der Waals surface area contributed by atoms with Gasteiger partial charge < -0.3 is 9.64 Å². The highest BCUT2D eigenvalue weighted by Gasteiger charge is 1.99. The van der Waals surface area contributed by atoms with E-state index in [1.807, 2.05) is 18.2 Å². The summed E-state index contributed by atoms with van der Waals surface area (Å²) in [7, 11) is 5.07. The van der Waals surface area contributed by atoms with Crippen molar-refractivity contribution in [3.63, 3.8) is 0 Å². The molecule has 0 atom stereocenters. The first kappa shape index (κ1) is 15.2. The summed E-state index contributed by atoms with van der Waals surface area (Å²) in [5.41, 5.74) is 2.46. The van der Waals surface area contributed by atoms with Crippen LogP contribution in [-0.2, 0) is 11.2 Å². The fraction of sp³-hybridized carbons (Fsp3) is 0.357. The molecule has 3 nitrogen and oxygen atoms in total. The highest BCUT2D eigenvalue weighted by atomic mass is 16.5. The van der Waals surface area contributed by atoms with Gasteiger partial charge in [0, 0.05) is 14.1 Å². The summed E-state index contributed by atoms with van der Waals surface area (Å²) in [5, 5.41) is 0. The molecule has 0 aliphatic carbocycles. The number of carbonyl (C=O) groups is 1. The van der Waals surface area contributed by atoms with Gasteiger partial charge in [-0.25, -0.2) is 0 Å². The highest BCUT2D eigenvalue weighted by molar-refractivity contribution is 5.45. The second-order valence-corrected chi connectivity index (χ2v) is 3.88. The maximum absolute atomic E-state index is 9.43. The van der Waals surface area contributed by atoms with Crippen LogP contribution in [0.4, 0.5) is 0 Å². The number of hydrogen-bond acceptors (Lipinski definition) is 2. The van der Waals surface area contributed by atoms with E-state index in [4.69, 9.17) is 4.74 Å². The van der Waals surface area contributed by atoms with Gasteiger partial charge in [-0.1, -0.05) is 23.8 Å². The monoisotopic (exact) mass is 235 g/mol. The van der Waals surface area contributed by atoms with Crippen LogP contribution in [0.3, 0.4) is 0 Å². The van der Waals surface area contributed by atoms with Gasteiger partial charge in [-0.15, -0.1) is 6.58 Å². The number of hydrogen-bond donors (Lipinski definition) is 0. The lowest BCUT2D eigenvalue weighted by atomic mass is 10.1. The van der Waals surface area contributed by atoms with Crippen LogP contribution >= 0.6 is 0 Å². The standard InChI is InChI=1S/C11H14O.C3H7NO/c1-4-5-10-8-9(2)6-7-11(10)12-3;1-4(2)3-5/h4,6-8H,1,5H2,2-3H3;3H,1-2H3. The molecule has 3 heteroatoms. The third-order valence-corrected chi connectivity index (χ3v) is 2.01. The molecule has 0 spiro atoms. The number of aryl methyl sites for hydroxylation is 1. The second-order valence-electron chi connectivity index (χ2n) is 3.88. The SMILES string of the molecule is C=CCc1cc(C)ccc1OC.CN(C)C=O. The van der Waals surface area contributed by atoms with Crippen molar-refractivity contribution in [3.8, 4) is 5.75 Å². The zero-order valence-electron chi connectivity index (χ0n) is 11.1. The molecule has 0 aliphatic heterocycles. The van der Waals surface area contributed by atoms with Gasteiger partial charge in [-0.2, -0.15) is 0 Å². The van der Waals surface area contributed by atoms with Gasteiger partial charge in [0.05, 0.1) is 7.11 Å². The van der Waals surface area contributed by atoms with Gasteiger partial charge >= 0.3 is 0 Å². The van der Waals surface area contributed by atoms with Crippen LogP contribution in [0.15, 0.2) is 30.9 Å². The van der Waals surface area contributed by atoms with Crippen LogP contribution < -0.4 is 4.74 Å². The minimum atomic E-state index is 0.750. The lowest BCUT2D eigenvalue weighted by Crippen LogP contribution is -2.06. The smallest absolute Gasteiger partial charge is 0.209 e. The average Bonchev–Trinajstić information content (AvgIpc) is 2.30. The van der Waals surface area contributed by atoms with E-state index >= 15 is 0 Å². The van der Waals surface area contributed by atoms with Crippen LogP contribution in [0.5, 0.6) is 5.75 Å². The van der Waals surface area contributed by atoms with E-state index in [-0.39, 0.29) is 0 Å². The van der Waals surface area contributed by atoms with Gasteiger partial charge in [0.1, 0.15) is 5.75 Å². The summed E-state index contributed by atoms with van der Waals surface area (Å²) in [6.07, 6.45) is 3.50. The van der Waals surface area contributed by atoms with Crippen molar-refractivity contribution in [3.05, 3.63) is 42.0 Å². The van der Waals surface area contributed by atoms with Crippen molar-refractivity contribution < 1.29 is 9.53 Å². The van der Waals surface area contributed by atoms with Crippen LogP contribution in [-0.4, -0.2) is 32.5 Å². The number of rotatable bonds is 4. The third-order valence-electron chi connectivity index (χ3n) is 2.01. The largest absolute Gasteiger partial charge is 0.496 e. The molecule has 0 N–H and O–H groups in total. The third kappa shape index (κ3) is 6.40. The molecule has 0 unspecified atom stereocenters. The number of amides is 1. The number of methoxy groups -OCH3 is 1. The van der Waals surface area contributed by atoms with Crippen LogP contribution in [0.2, 0.25) is 0 Å². The molecule has 0 saturated carbocycles. The summed E-state index contributed by atoms with van der Waals surface area (Å²) in [6, 6.07) is 6.17. The zero-order chi connectivity index (χ0) is 13.3. The van der Waals surface area contributed by atoms with Gasteiger partial charge in [-0.3, -0.25) is 4.79 Å². The van der Waals surface area contributed by atoms with Crippen molar-refractivity contribution in [2.45, 2.75) is 13.3 Å². The Morgan fingerprint density at radius 1 is 1.41 bits per heavy atom. The minimum absolute atomic E-state index is 0.750. The summed E-state index contributed by atoms with van der Waals surface area (Å²) >= 11 is 0. The molecule has 0 saturated heterocycles. The summed E-state index contributed by atoms with van der Waals surface area (Å²) in [6.45, 7) is 5.78. The molecule has 0 aromatic heterocycles. The Kier molecular flexibility index (Phi) is 7.52. The van der Waals surface area contributed by atoms with Crippen molar-refractivity contribution >= 4 is 6.41 Å². The molecule has 94 valence electrons. The molecular weight excluding hydrogens is 214 g/mol. The molecule has 0 radical (unpaired) electrons. The summed E-state index contributed by atoms with van der Waals surface area (Å²) < 4.78 is 5.21. The van der Waals surface area contributed by atoms with E-state index in [2.05, 4.69) is 19.6 Å². The zero-order valence-corrected chi connectivity index (χ0v) is 11.1. The van der Waals surface area contributed by atoms with Crippen molar-refractivity contribution in [1.29, 1.82) is 0 Å². The topological polar surface area (TPSA) is 29.5 Å². The summed E-state index contributed by atoms with van der Waals surface area (Å²) in [4.78, 5) is 10.9. The Balaban J connectivity index is 0.000000437. The number of benzene rings is 1. The predicted octanol–water partition coefficient (Wildman–Crippen LogP) is 2.44. The Bertz CT molecular complexity index is 359. The lowest BCUT2D eigenvalue weighted by molar-refractivity contribution is -0.115. The van der Waals surface area contributed by atoms with Crippen molar-refractivity contribution in [2.24, 2.45) is 0 Å². The maximum Gasteiger partial charge on any atom is 0.209 e. The molecule has 0 heterocycles. The fourth-order valence-electron chi connectivity index (χ4n) is 1.22. The summed E-state index contributed by atoms with van der Waals surface area (Å²) in [5.74, 6) is 0.945. The fourth-order valence-corrected chi connectivity index (χ4v) is 1.22. The molecule has 0 fully saturated rings. The van der Waals surface area contributed by atoms with E-state index in [0.29, 0.717) is 0 Å². The van der Waals surface area contributed by atoms with Gasteiger partial charge in [-0.05, 0) is 25.0 Å². The average molecular weight is 235 g/mol. The second kappa shape index (κ2) is 8.39. The van der Waals surface area contributed by atoms with E-state index in [1.165, 1.54) is 16.0 Å². The minimum Gasteiger partial charge on any atom is -0.496 e. The van der Waals surface area contributed by atoms with E-state index in [1.54, 1.807) is 21.2 Å². The molecule has 0 bridgehead atoms. The van der Waals surface area contributed by atoms with Gasteiger partial charge in [0.2, 0.25) is 6.41 Å². The Hall–Kier alpha value is -1.77. The first-order valence-electron chi connectivity index (χ1n) is 5.41.